The molecule has 1 aliphatic heterocycles. The summed E-state index contributed by atoms with van der Waals surface area (Å²) in [7, 11) is 1.80. The molecular formula is C14H20ClFN2O. The topological polar surface area (TPSA) is 32.3 Å². The molecule has 1 atom stereocenters. The van der Waals surface area contributed by atoms with Crippen LogP contribution in [0.4, 0.5) is 4.39 Å². The number of amides is 1. The Bertz CT molecular complexity index is 404. The van der Waals surface area contributed by atoms with Crippen molar-refractivity contribution in [2.75, 3.05) is 20.1 Å². The summed E-state index contributed by atoms with van der Waals surface area (Å²) in [6.45, 7) is 2.50. The number of rotatable bonds is 4. The fraction of sp³-hybridized carbons (Fsp3) is 0.500. The first-order chi connectivity index (χ1) is 8.65. The third-order valence-corrected chi connectivity index (χ3v) is 3.38. The monoisotopic (exact) mass is 286 g/mol. The summed E-state index contributed by atoms with van der Waals surface area (Å²) in [5.41, 5.74) is 0.955. The molecule has 1 amide bonds. The smallest absolute Gasteiger partial charge is 0.222 e. The summed E-state index contributed by atoms with van der Waals surface area (Å²) in [6, 6.07) is 6.29. The number of nitrogens with zero attached hydrogens (tertiary/aromatic N) is 1. The van der Waals surface area contributed by atoms with E-state index in [0.29, 0.717) is 18.9 Å². The van der Waals surface area contributed by atoms with Gasteiger partial charge < -0.3 is 10.2 Å². The van der Waals surface area contributed by atoms with E-state index in [1.165, 1.54) is 12.1 Å². The predicted molar refractivity (Wildman–Crippen MR) is 75.7 cm³/mol. The zero-order valence-electron chi connectivity index (χ0n) is 11.1. The van der Waals surface area contributed by atoms with E-state index in [2.05, 4.69) is 5.32 Å². The summed E-state index contributed by atoms with van der Waals surface area (Å²) in [5, 5.41) is 3.26. The maximum absolute atomic E-state index is 12.8. The van der Waals surface area contributed by atoms with Gasteiger partial charge in [-0.3, -0.25) is 4.79 Å². The summed E-state index contributed by atoms with van der Waals surface area (Å²) in [5.74, 6) is 0.381. The van der Waals surface area contributed by atoms with E-state index in [1.807, 2.05) is 0 Å². The van der Waals surface area contributed by atoms with Crippen molar-refractivity contribution in [3.8, 4) is 0 Å². The van der Waals surface area contributed by atoms with Crippen LogP contribution in [0, 0.1) is 11.7 Å². The lowest BCUT2D eigenvalue weighted by atomic mass is 10.0. The van der Waals surface area contributed by atoms with Crippen molar-refractivity contribution in [3.63, 3.8) is 0 Å². The third kappa shape index (κ3) is 4.80. The lowest BCUT2D eigenvalue weighted by Crippen LogP contribution is -2.28. The highest BCUT2D eigenvalue weighted by atomic mass is 35.5. The van der Waals surface area contributed by atoms with Crippen LogP contribution < -0.4 is 5.32 Å². The van der Waals surface area contributed by atoms with E-state index in [4.69, 9.17) is 0 Å². The van der Waals surface area contributed by atoms with Gasteiger partial charge in [0.2, 0.25) is 5.91 Å². The van der Waals surface area contributed by atoms with Crippen molar-refractivity contribution in [1.29, 1.82) is 0 Å². The summed E-state index contributed by atoms with van der Waals surface area (Å²) < 4.78 is 12.8. The molecule has 1 N–H and O–H groups in total. The van der Waals surface area contributed by atoms with Crippen molar-refractivity contribution in [3.05, 3.63) is 35.6 Å². The molecule has 5 heteroatoms. The molecule has 1 unspecified atom stereocenters. The zero-order valence-corrected chi connectivity index (χ0v) is 11.9. The van der Waals surface area contributed by atoms with Crippen LogP contribution in [-0.2, 0) is 11.3 Å². The summed E-state index contributed by atoms with van der Waals surface area (Å²) >= 11 is 0. The fourth-order valence-electron chi connectivity index (χ4n) is 2.24. The highest BCUT2D eigenvalue weighted by Gasteiger charge is 2.20. The Labute approximate surface area is 119 Å². The standard InChI is InChI=1S/C14H19FN2O.ClH/c1-17(10-11-2-4-13(15)5-3-11)14(18)8-12-6-7-16-9-12;/h2-5,12,16H,6-10H2,1H3;1H. The molecule has 1 saturated heterocycles. The van der Waals surface area contributed by atoms with E-state index < -0.39 is 0 Å². The van der Waals surface area contributed by atoms with Crippen LogP contribution >= 0.6 is 12.4 Å². The Morgan fingerprint density at radius 2 is 2.11 bits per heavy atom. The number of carbonyl (C=O) groups excluding carboxylic acids is 1. The quantitative estimate of drug-likeness (QED) is 0.920. The Balaban J connectivity index is 0.00000180. The molecule has 1 aromatic carbocycles. The maximum atomic E-state index is 12.8. The van der Waals surface area contributed by atoms with Crippen LogP contribution in [0.5, 0.6) is 0 Å². The van der Waals surface area contributed by atoms with Crippen LogP contribution in [-0.4, -0.2) is 30.9 Å². The molecule has 2 rings (SSSR count). The average Bonchev–Trinajstić information content (AvgIpc) is 2.85. The first kappa shape index (κ1) is 15.9. The second kappa shape index (κ2) is 7.46. The van der Waals surface area contributed by atoms with E-state index in [9.17, 15) is 9.18 Å². The number of nitrogens with one attached hydrogen (secondary N) is 1. The van der Waals surface area contributed by atoms with Crippen molar-refractivity contribution in [2.24, 2.45) is 5.92 Å². The van der Waals surface area contributed by atoms with Gasteiger partial charge in [0.25, 0.3) is 0 Å². The van der Waals surface area contributed by atoms with Gasteiger partial charge in [0.15, 0.2) is 0 Å². The van der Waals surface area contributed by atoms with E-state index in [1.54, 1.807) is 24.1 Å². The van der Waals surface area contributed by atoms with Gasteiger partial charge in [0, 0.05) is 20.0 Å². The van der Waals surface area contributed by atoms with Gasteiger partial charge in [-0.1, -0.05) is 12.1 Å². The van der Waals surface area contributed by atoms with Gasteiger partial charge in [-0.2, -0.15) is 0 Å². The first-order valence-electron chi connectivity index (χ1n) is 6.34. The molecule has 1 fully saturated rings. The number of hydrogen-bond acceptors (Lipinski definition) is 2. The number of carbonyl (C=O) groups is 1. The lowest BCUT2D eigenvalue weighted by molar-refractivity contribution is -0.131. The van der Waals surface area contributed by atoms with E-state index >= 15 is 0 Å². The molecule has 3 nitrogen and oxygen atoms in total. The van der Waals surface area contributed by atoms with Gasteiger partial charge in [0.05, 0.1) is 0 Å². The van der Waals surface area contributed by atoms with Crippen molar-refractivity contribution < 1.29 is 9.18 Å². The third-order valence-electron chi connectivity index (χ3n) is 3.38. The largest absolute Gasteiger partial charge is 0.341 e. The van der Waals surface area contributed by atoms with Gasteiger partial charge in [0.1, 0.15) is 5.82 Å². The molecule has 1 aliphatic rings. The average molecular weight is 287 g/mol. The Hall–Kier alpha value is -1.13. The Morgan fingerprint density at radius 3 is 2.68 bits per heavy atom. The molecular weight excluding hydrogens is 267 g/mol. The minimum Gasteiger partial charge on any atom is -0.341 e. The Kier molecular flexibility index (Phi) is 6.25. The SMILES string of the molecule is CN(Cc1ccc(F)cc1)C(=O)CC1CCNC1.Cl. The normalized spacial score (nSPS) is 17.9. The van der Waals surface area contributed by atoms with Crippen LogP contribution in [0.1, 0.15) is 18.4 Å². The highest BCUT2D eigenvalue weighted by molar-refractivity contribution is 5.85. The molecule has 1 heterocycles. The van der Waals surface area contributed by atoms with Gasteiger partial charge in [-0.05, 0) is 43.1 Å². The molecule has 1 aromatic rings. The second-order valence-electron chi connectivity index (χ2n) is 4.94. The summed E-state index contributed by atoms with van der Waals surface area (Å²) in [4.78, 5) is 13.7. The molecule has 0 aliphatic carbocycles. The minimum absolute atomic E-state index is 0. The molecule has 0 radical (unpaired) electrons. The summed E-state index contributed by atoms with van der Waals surface area (Å²) in [6.07, 6.45) is 1.68. The Morgan fingerprint density at radius 1 is 1.42 bits per heavy atom. The zero-order chi connectivity index (χ0) is 13.0. The van der Waals surface area contributed by atoms with E-state index in [0.717, 1.165) is 25.1 Å². The fourth-order valence-corrected chi connectivity index (χ4v) is 2.24. The predicted octanol–water partition coefficient (Wildman–Crippen LogP) is 2.21. The molecule has 19 heavy (non-hydrogen) atoms. The van der Waals surface area contributed by atoms with Crippen molar-refractivity contribution >= 4 is 18.3 Å². The van der Waals surface area contributed by atoms with Crippen LogP contribution in [0.3, 0.4) is 0 Å². The molecule has 106 valence electrons. The van der Waals surface area contributed by atoms with Crippen molar-refractivity contribution in [2.45, 2.75) is 19.4 Å². The minimum atomic E-state index is -0.246. The van der Waals surface area contributed by atoms with Crippen LogP contribution in [0.2, 0.25) is 0 Å². The molecule has 0 spiro atoms. The van der Waals surface area contributed by atoms with Gasteiger partial charge >= 0.3 is 0 Å². The van der Waals surface area contributed by atoms with Gasteiger partial charge in [-0.15, -0.1) is 12.4 Å². The number of hydrogen-bond donors (Lipinski definition) is 1. The first-order valence-corrected chi connectivity index (χ1v) is 6.34. The van der Waals surface area contributed by atoms with E-state index in [-0.39, 0.29) is 24.1 Å². The van der Waals surface area contributed by atoms with Crippen LogP contribution in [0.15, 0.2) is 24.3 Å². The molecule has 0 saturated carbocycles. The van der Waals surface area contributed by atoms with Crippen molar-refractivity contribution in [1.82, 2.24) is 10.2 Å². The number of benzene rings is 1. The lowest BCUT2D eigenvalue weighted by Gasteiger charge is -2.19. The number of halogens is 2. The molecule has 0 aromatic heterocycles. The second-order valence-corrected chi connectivity index (χ2v) is 4.94. The highest BCUT2D eigenvalue weighted by Crippen LogP contribution is 2.14. The van der Waals surface area contributed by atoms with Gasteiger partial charge in [-0.25, -0.2) is 4.39 Å². The van der Waals surface area contributed by atoms with Crippen LogP contribution in [0.25, 0.3) is 0 Å². The molecule has 0 bridgehead atoms. The maximum Gasteiger partial charge on any atom is 0.222 e.